The molecule has 0 bridgehead atoms. The molecular weight excluding hydrogens is 288 g/mol. The molecule has 2 aliphatic rings. The highest BCUT2D eigenvalue weighted by atomic mass is 35.5. The fourth-order valence-corrected chi connectivity index (χ4v) is 3.73. The first-order valence-electron chi connectivity index (χ1n) is 7.56. The van der Waals surface area contributed by atoms with Gasteiger partial charge in [-0.3, -0.25) is 0 Å². The lowest BCUT2D eigenvalue weighted by molar-refractivity contribution is 0.235. The molecule has 1 saturated heterocycles. The molecule has 3 atom stereocenters. The number of urea groups is 1. The lowest BCUT2D eigenvalue weighted by Crippen LogP contribution is -2.39. The molecule has 4 nitrogen and oxygen atoms in total. The van der Waals surface area contributed by atoms with Crippen LogP contribution in [0.1, 0.15) is 44.6 Å². The van der Waals surface area contributed by atoms with Crippen molar-refractivity contribution in [1.29, 1.82) is 0 Å². The van der Waals surface area contributed by atoms with Gasteiger partial charge in [-0.1, -0.05) is 17.7 Å². The zero-order chi connectivity index (χ0) is 15.0. The number of nitrogens with one attached hydrogen (secondary N) is 2. The fraction of sp³-hybridized carbons (Fsp3) is 0.562. The number of carbonyl (C=O) groups excluding carboxylic acids is 1. The third kappa shape index (κ3) is 2.95. The molecule has 1 aliphatic heterocycles. The first-order valence-corrected chi connectivity index (χ1v) is 7.94. The summed E-state index contributed by atoms with van der Waals surface area (Å²) in [6.45, 7) is 4.03. The van der Waals surface area contributed by atoms with E-state index in [-0.39, 0.29) is 24.2 Å². The maximum atomic E-state index is 11.5. The number of halogens is 1. The van der Waals surface area contributed by atoms with Crippen LogP contribution in [0.5, 0.6) is 5.75 Å². The molecular formula is C16H21ClN2O2. The van der Waals surface area contributed by atoms with E-state index in [2.05, 4.69) is 10.6 Å². The van der Waals surface area contributed by atoms with Crippen molar-refractivity contribution in [2.45, 2.75) is 57.2 Å². The van der Waals surface area contributed by atoms with Gasteiger partial charge in [0.1, 0.15) is 5.75 Å². The Kier molecular flexibility index (Phi) is 3.98. The van der Waals surface area contributed by atoms with Gasteiger partial charge in [-0.15, -0.1) is 0 Å². The molecule has 2 amide bonds. The predicted molar refractivity (Wildman–Crippen MR) is 83.1 cm³/mol. The van der Waals surface area contributed by atoms with Crippen LogP contribution in [0.4, 0.5) is 4.79 Å². The summed E-state index contributed by atoms with van der Waals surface area (Å²) < 4.78 is 5.92. The number of carbonyl (C=O) groups is 1. The van der Waals surface area contributed by atoms with Gasteiger partial charge in [0.25, 0.3) is 0 Å². The van der Waals surface area contributed by atoms with Crippen molar-refractivity contribution < 1.29 is 9.53 Å². The highest BCUT2D eigenvalue weighted by molar-refractivity contribution is 6.31. The minimum absolute atomic E-state index is 0.0523. The van der Waals surface area contributed by atoms with E-state index < -0.39 is 0 Å². The monoisotopic (exact) mass is 308 g/mol. The van der Waals surface area contributed by atoms with Crippen LogP contribution in [0.25, 0.3) is 0 Å². The standard InChI is InChI=1S/C16H21ClN2O2/c1-9(2)21-14-5-3-4-11(17)15(14)10-6-7-12-13(8-10)19-16(20)18-12/h3-5,9-10,12-13H,6-8H2,1-2H3,(H2,18,19,20). The van der Waals surface area contributed by atoms with E-state index in [4.69, 9.17) is 16.3 Å². The molecule has 2 fully saturated rings. The Morgan fingerprint density at radius 2 is 2.00 bits per heavy atom. The van der Waals surface area contributed by atoms with E-state index in [1.807, 2.05) is 32.0 Å². The second-order valence-electron chi connectivity index (χ2n) is 6.16. The van der Waals surface area contributed by atoms with Gasteiger partial charge < -0.3 is 15.4 Å². The summed E-state index contributed by atoms with van der Waals surface area (Å²) >= 11 is 6.43. The Morgan fingerprint density at radius 1 is 1.24 bits per heavy atom. The third-order valence-corrected chi connectivity index (χ3v) is 4.60. The summed E-state index contributed by atoms with van der Waals surface area (Å²) in [5.74, 6) is 1.20. The maximum Gasteiger partial charge on any atom is 0.315 e. The van der Waals surface area contributed by atoms with Crippen LogP contribution in [0.15, 0.2) is 18.2 Å². The summed E-state index contributed by atoms with van der Waals surface area (Å²) in [5, 5.41) is 6.73. The zero-order valence-corrected chi connectivity index (χ0v) is 13.1. The van der Waals surface area contributed by atoms with Crippen LogP contribution < -0.4 is 15.4 Å². The zero-order valence-electron chi connectivity index (χ0n) is 12.4. The van der Waals surface area contributed by atoms with E-state index in [1.54, 1.807) is 0 Å². The van der Waals surface area contributed by atoms with Crippen LogP contribution >= 0.6 is 11.6 Å². The molecule has 0 spiro atoms. The SMILES string of the molecule is CC(C)Oc1cccc(Cl)c1C1CCC2NC(=O)NC2C1. The Bertz CT molecular complexity index is 547. The number of rotatable bonds is 3. The van der Waals surface area contributed by atoms with Crippen molar-refractivity contribution in [3.8, 4) is 5.75 Å². The predicted octanol–water partition coefficient (Wildman–Crippen LogP) is 3.44. The number of ether oxygens (including phenoxy) is 1. The average Bonchev–Trinajstić information content (AvgIpc) is 2.77. The van der Waals surface area contributed by atoms with Crippen LogP contribution in [-0.4, -0.2) is 24.2 Å². The molecule has 1 aliphatic carbocycles. The second-order valence-corrected chi connectivity index (χ2v) is 6.57. The molecule has 1 aromatic carbocycles. The summed E-state index contributed by atoms with van der Waals surface area (Å²) in [4.78, 5) is 11.5. The van der Waals surface area contributed by atoms with Gasteiger partial charge in [0.05, 0.1) is 18.2 Å². The smallest absolute Gasteiger partial charge is 0.315 e. The highest BCUT2D eigenvalue weighted by Gasteiger charge is 2.38. The van der Waals surface area contributed by atoms with Gasteiger partial charge in [-0.25, -0.2) is 4.79 Å². The van der Waals surface area contributed by atoms with Gasteiger partial charge >= 0.3 is 6.03 Å². The van der Waals surface area contributed by atoms with Crippen LogP contribution in [0.2, 0.25) is 5.02 Å². The van der Waals surface area contributed by atoms with Gasteiger partial charge in [0.2, 0.25) is 0 Å². The van der Waals surface area contributed by atoms with Gasteiger partial charge in [0.15, 0.2) is 0 Å². The second kappa shape index (κ2) is 5.76. The molecule has 0 radical (unpaired) electrons. The molecule has 5 heteroatoms. The number of hydrogen-bond acceptors (Lipinski definition) is 2. The number of amides is 2. The first-order chi connectivity index (χ1) is 10.0. The molecule has 1 saturated carbocycles. The Balaban J connectivity index is 1.85. The van der Waals surface area contributed by atoms with E-state index in [1.165, 1.54) is 0 Å². The Morgan fingerprint density at radius 3 is 2.76 bits per heavy atom. The van der Waals surface area contributed by atoms with Crippen molar-refractivity contribution in [1.82, 2.24) is 10.6 Å². The van der Waals surface area contributed by atoms with Crippen LogP contribution in [0.3, 0.4) is 0 Å². The maximum absolute atomic E-state index is 11.5. The summed E-state index contributed by atoms with van der Waals surface area (Å²) in [6, 6.07) is 6.22. The highest BCUT2D eigenvalue weighted by Crippen LogP contribution is 2.42. The van der Waals surface area contributed by atoms with Crippen molar-refractivity contribution in [3.63, 3.8) is 0 Å². The molecule has 1 aromatic rings. The average molecular weight is 309 g/mol. The van der Waals surface area contributed by atoms with Crippen LogP contribution in [0, 0.1) is 0 Å². The van der Waals surface area contributed by atoms with E-state index in [0.717, 1.165) is 35.6 Å². The van der Waals surface area contributed by atoms with E-state index in [0.29, 0.717) is 5.92 Å². The van der Waals surface area contributed by atoms with Crippen molar-refractivity contribution >= 4 is 17.6 Å². The van der Waals surface area contributed by atoms with Gasteiger partial charge in [-0.2, -0.15) is 0 Å². The number of hydrogen-bond donors (Lipinski definition) is 2. The molecule has 3 rings (SSSR count). The van der Waals surface area contributed by atoms with Crippen molar-refractivity contribution in [2.24, 2.45) is 0 Å². The van der Waals surface area contributed by atoms with Gasteiger partial charge in [-0.05, 0) is 51.2 Å². The number of benzene rings is 1. The lowest BCUT2D eigenvalue weighted by Gasteiger charge is -2.32. The Labute approximate surface area is 130 Å². The van der Waals surface area contributed by atoms with Crippen molar-refractivity contribution in [2.75, 3.05) is 0 Å². The third-order valence-electron chi connectivity index (χ3n) is 4.27. The number of fused-ring (bicyclic) bond motifs is 1. The molecule has 3 unspecified atom stereocenters. The Hall–Kier alpha value is -1.42. The summed E-state index contributed by atoms with van der Waals surface area (Å²) in [5.41, 5.74) is 1.09. The molecule has 1 heterocycles. The molecule has 21 heavy (non-hydrogen) atoms. The largest absolute Gasteiger partial charge is 0.491 e. The fourth-order valence-electron chi connectivity index (χ4n) is 3.41. The lowest BCUT2D eigenvalue weighted by atomic mass is 9.79. The molecule has 0 aromatic heterocycles. The summed E-state index contributed by atoms with van der Waals surface area (Å²) in [6.07, 6.45) is 3.01. The quantitative estimate of drug-likeness (QED) is 0.898. The molecule has 2 N–H and O–H groups in total. The molecule has 114 valence electrons. The first kappa shape index (κ1) is 14.5. The van der Waals surface area contributed by atoms with E-state index >= 15 is 0 Å². The minimum atomic E-state index is -0.0523. The minimum Gasteiger partial charge on any atom is -0.491 e. The van der Waals surface area contributed by atoms with Crippen molar-refractivity contribution in [3.05, 3.63) is 28.8 Å². The normalized spacial score (nSPS) is 28.0. The summed E-state index contributed by atoms with van der Waals surface area (Å²) in [7, 11) is 0. The topological polar surface area (TPSA) is 50.4 Å². The van der Waals surface area contributed by atoms with Gasteiger partial charge in [0, 0.05) is 10.6 Å². The van der Waals surface area contributed by atoms with Crippen LogP contribution in [-0.2, 0) is 0 Å². The van der Waals surface area contributed by atoms with E-state index in [9.17, 15) is 4.79 Å².